The van der Waals surface area contributed by atoms with Crippen LogP contribution in [0.1, 0.15) is 53.6 Å². The molecule has 178 valence electrons. The number of benzene rings is 4. The smallest absolute Gasteiger partial charge is 0.0103 e. The monoisotopic (exact) mass is 466 g/mol. The fourth-order valence-corrected chi connectivity index (χ4v) is 6.33. The van der Waals surface area contributed by atoms with Crippen molar-refractivity contribution in [2.75, 3.05) is 0 Å². The average Bonchev–Trinajstić information content (AvgIpc) is 3.54. The van der Waals surface area contributed by atoms with Crippen LogP contribution >= 0.6 is 0 Å². The molecule has 36 heavy (non-hydrogen) atoms. The van der Waals surface area contributed by atoms with Crippen molar-refractivity contribution in [2.24, 2.45) is 5.41 Å². The molecule has 0 nitrogen and oxygen atoms in total. The average molecular weight is 467 g/mol. The zero-order chi connectivity index (χ0) is 24.9. The number of allylic oxidation sites excluding steroid dienone is 2. The summed E-state index contributed by atoms with van der Waals surface area (Å²) in [5.74, 6) is 0. The van der Waals surface area contributed by atoms with Gasteiger partial charge in [0.25, 0.3) is 0 Å². The van der Waals surface area contributed by atoms with E-state index in [1.165, 1.54) is 55.6 Å². The van der Waals surface area contributed by atoms with Crippen LogP contribution in [0.5, 0.6) is 0 Å². The summed E-state index contributed by atoms with van der Waals surface area (Å²) in [5, 5.41) is 0. The molecule has 4 aromatic rings. The van der Waals surface area contributed by atoms with E-state index >= 15 is 0 Å². The summed E-state index contributed by atoms with van der Waals surface area (Å²) in [4.78, 5) is 0. The molecule has 0 N–H and O–H groups in total. The minimum atomic E-state index is 0.0457. The van der Waals surface area contributed by atoms with Crippen LogP contribution < -0.4 is 0 Å². The van der Waals surface area contributed by atoms with Crippen molar-refractivity contribution in [1.82, 2.24) is 0 Å². The Bertz CT molecular complexity index is 1430. The first-order chi connectivity index (χ1) is 17.5. The summed E-state index contributed by atoms with van der Waals surface area (Å²) in [6, 6.07) is 31.3. The molecule has 0 aliphatic heterocycles. The van der Waals surface area contributed by atoms with Crippen LogP contribution in [0.25, 0.3) is 34.4 Å². The highest BCUT2D eigenvalue weighted by Gasteiger charge is 2.36. The molecule has 0 atom stereocenters. The highest BCUT2D eigenvalue weighted by atomic mass is 14.4. The summed E-state index contributed by atoms with van der Waals surface area (Å²) < 4.78 is 0. The summed E-state index contributed by atoms with van der Waals surface area (Å²) >= 11 is 0. The van der Waals surface area contributed by atoms with Crippen LogP contribution in [0.3, 0.4) is 0 Å². The van der Waals surface area contributed by atoms with Gasteiger partial charge in [-0.2, -0.15) is 0 Å². The van der Waals surface area contributed by atoms with Crippen molar-refractivity contribution in [3.05, 3.63) is 129 Å². The Morgan fingerprint density at radius 1 is 0.556 bits per heavy atom. The van der Waals surface area contributed by atoms with Crippen molar-refractivity contribution in [2.45, 2.75) is 47.0 Å². The Hall–Kier alpha value is -3.64. The first-order valence-corrected chi connectivity index (χ1v) is 13.3. The molecular weight excluding hydrogens is 432 g/mol. The topological polar surface area (TPSA) is 0 Å². The first-order valence-electron chi connectivity index (χ1n) is 13.3. The van der Waals surface area contributed by atoms with Gasteiger partial charge < -0.3 is 0 Å². The highest BCUT2D eigenvalue weighted by molar-refractivity contribution is 5.85. The number of hydrogen-bond acceptors (Lipinski definition) is 0. The van der Waals surface area contributed by atoms with Gasteiger partial charge in [-0.1, -0.05) is 122 Å². The van der Waals surface area contributed by atoms with Gasteiger partial charge in [0.05, 0.1) is 0 Å². The SMILES string of the molecule is CCC(C)(C1=Cc2c(cccc2-c2ccccc2C)C1)C1=Cc2c(cccc2-c2ccccc2C)C1. The van der Waals surface area contributed by atoms with Crippen LogP contribution in [-0.4, -0.2) is 0 Å². The lowest BCUT2D eigenvalue weighted by molar-refractivity contribution is 0.452. The van der Waals surface area contributed by atoms with Crippen molar-refractivity contribution in [1.29, 1.82) is 0 Å². The summed E-state index contributed by atoms with van der Waals surface area (Å²) in [6.45, 7) is 9.27. The molecule has 0 bridgehead atoms. The third kappa shape index (κ3) is 3.59. The van der Waals surface area contributed by atoms with Crippen LogP contribution in [0, 0.1) is 19.3 Å². The summed E-state index contributed by atoms with van der Waals surface area (Å²) in [5.41, 5.74) is 17.0. The molecule has 0 unspecified atom stereocenters. The third-order valence-corrected chi connectivity index (χ3v) is 8.79. The Morgan fingerprint density at radius 3 is 1.39 bits per heavy atom. The van der Waals surface area contributed by atoms with E-state index in [1.54, 1.807) is 11.1 Å². The van der Waals surface area contributed by atoms with Crippen molar-refractivity contribution < 1.29 is 0 Å². The fraction of sp³-hybridized carbons (Fsp3) is 0.222. The van der Waals surface area contributed by atoms with Gasteiger partial charge in [0, 0.05) is 5.41 Å². The van der Waals surface area contributed by atoms with Crippen molar-refractivity contribution in [3.8, 4) is 22.3 Å². The molecular formula is C36H34. The normalized spacial score (nSPS) is 14.3. The second-order valence-corrected chi connectivity index (χ2v) is 10.8. The van der Waals surface area contributed by atoms with Gasteiger partial charge in [-0.25, -0.2) is 0 Å². The van der Waals surface area contributed by atoms with Gasteiger partial charge in [0.2, 0.25) is 0 Å². The van der Waals surface area contributed by atoms with Crippen LogP contribution in [0.4, 0.5) is 0 Å². The van der Waals surface area contributed by atoms with E-state index in [-0.39, 0.29) is 5.41 Å². The lowest BCUT2D eigenvalue weighted by Crippen LogP contribution is -2.21. The molecule has 2 aliphatic rings. The molecule has 2 aliphatic carbocycles. The maximum absolute atomic E-state index is 2.52. The molecule has 4 aromatic carbocycles. The van der Waals surface area contributed by atoms with Crippen molar-refractivity contribution in [3.63, 3.8) is 0 Å². The molecule has 0 saturated carbocycles. The van der Waals surface area contributed by atoms with E-state index in [9.17, 15) is 0 Å². The summed E-state index contributed by atoms with van der Waals surface area (Å²) in [6.07, 6.45) is 8.22. The fourth-order valence-electron chi connectivity index (χ4n) is 6.33. The molecule has 0 spiro atoms. The molecule has 0 saturated heterocycles. The van der Waals surface area contributed by atoms with Crippen LogP contribution in [0.2, 0.25) is 0 Å². The maximum Gasteiger partial charge on any atom is 0.0103 e. The Balaban J connectivity index is 1.42. The quantitative estimate of drug-likeness (QED) is 0.275. The van der Waals surface area contributed by atoms with E-state index in [0.717, 1.165) is 19.3 Å². The van der Waals surface area contributed by atoms with Crippen molar-refractivity contribution >= 4 is 12.2 Å². The molecule has 0 radical (unpaired) electrons. The number of aryl methyl sites for hydroxylation is 2. The molecule has 0 heterocycles. The zero-order valence-corrected chi connectivity index (χ0v) is 21.9. The zero-order valence-electron chi connectivity index (χ0n) is 21.9. The van der Waals surface area contributed by atoms with Gasteiger partial charge in [-0.3, -0.25) is 0 Å². The van der Waals surface area contributed by atoms with Gasteiger partial charge in [-0.15, -0.1) is 0 Å². The Morgan fingerprint density at radius 2 is 0.972 bits per heavy atom. The molecule has 0 fully saturated rings. The number of hydrogen-bond donors (Lipinski definition) is 0. The van der Waals surface area contributed by atoms with Gasteiger partial charge in [0.15, 0.2) is 0 Å². The lowest BCUT2D eigenvalue weighted by Gasteiger charge is -2.32. The predicted molar refractivity (Wildman–Crippen MR) is 155 cm³/mol. The van der Waals surface area contributed by atoms with Gasteiger partial charge in [-0.05, 0) is 88.7 Å². The van der Waals surface area contributed by atoms with Crippen LogP contribution in [-0.2, 0) is 12.8 Å². The standard InChI is InChI=1S/C36H34/c1-5-36(4,28-20-26-14-10-18-32(34(26)22-28)30-16-8-6-12-24(30)2)29-21-27-15-11-19-33(35(27)23-29)31-17-9-7-13-25(31)3/h6-19,22-23H,5,20-21H2,1-4H3. The second kappa shape index (κ2) is 8.79. The van der Waals surface area contributed by atoms with Gasteiger partial charge in [0.1, 0.15) is 0 Å². The molecule has 0 heteroatoms. The highest BCUT2D eigenvalue weighted by Crippen LogP contribution is 2.50. The van der Waals surface area contributed by atoms with Gasteiger partial charge >= 0.3 is 0 Å². The minimum Gasteiger partial charge on any atom is -0.0642 e. The lowest BCUT2D eigenvalue weighted by atomic mass is 9.72. The van der Waals surface area contributed by atoms with E-state index in [2.05, 4.69) is 125 Å². The number of fused-ring (bicyclic) bond motifs is 2. The third-order valence-electron chi connectivity index (χ3n) is 8.79. The summed E-state index contributed by atoms with van der Waals surface area (Å²) in [7, 11) is 0. The maximum atomic E-state index is 2.52. The van der Waals surface area contributed by atoms with Crippen LogP contribution in [0.15, 0.2) is 96.1 Å². The largest absolute Gasteiger partial charge is 0.0642 e. The number of rotatable bonds is 5. The van der Waals surface area contributed by atoms with E-state index in [4.69, 9.17) is 0 Å². The second-order valence-electron chi connectivity index (χ2n) is 10.8. The minimum absolute atomic E-state index is 0.0457. The van der Waals surface area contributed by atoms with E-state index in [0.29, 0.717) is 0 Å². The predicted octanol–water partition coefficient (Wildman–Crippen LogP) is 9.63. The Kier molecular flexibility index (Phi) is 5.56. The Labute approximate surface area is 216 Å². The van der Waals surface area contributed by atoms with E-state index < -0.39 is 0 Å². The molecule has 6 rings (SSSR count). The molecule has 0 aromatic heterocycles. The van der Waals surface area contributed by atoms with E-state index in [1.807, 2.05) is 0 Å². The first kappa shape index (κ1) is 22.8. The molecule has 0 amide bonds.